The Balaban J connectivity index is 1.70. The van der Waals surface area contributed by atoms with Gasteiger partial charge in [0.05, 0.1) is 0 Å². The second kappa shape index (κ2) is 5.87. The topological polar surface area (TPSA) is 32.8 Å². The normalized spacial score (nSPS) is 14.6. The molecule has 4 nitrogen and oxygen atoms in total. The van der Waals surface area contributed by atoms with Gasteiger partial charge < -0.3 is 14.5 Å². The van der Waals surface area contributed by atoms with Crippen LogP contribution in [-0.2, 0) is 6.54 Å². The molecule has 0 bridgehead atoms. The van der Waals surface area contributed by atoms with Crippen LogP contribution >= 0.6 is 0 Å². The monoisotopic (exact) mass is 282 g/mol. The smallest absolute Gasteiger partial charge is 0.320 e. The van der Waals surface area contributed by atoms with Gasteiger partial charge in [-0.25, -0.2) is 4.79 Å². The molecule has 108 valence electrons. The van der Waals surface area contributed by atoms with Crippen LogP contribution < -0.4 is 4.74 Å². The quantitative estimate of drug-likeness (QED) is 0.861. The number of likely N-dealkylation sites (N-methyl/N-ethyl adjacent to an activating group) is 1. The first-order valence-corrected chi connectivity index (χ1v) is 7.04. The molecule has 21 heavy (non-hydrogen) atoms. The van der Waals surface area contributed by atoms with Crippen molar-refractivity contribution in [1.29, 1.82) is 0 Å². The number of amides is 2. The Morgan fingerprint density at radius 2 is 1.76 bits per heavy atom. The van der Waals surface area contributed by atoms with Crippen molar-refractivity contribution in [3.63, 3.8) is 0 Å². The number of ether oxygens (including phenoxy) is 1. The molecule has 0 atom stereocenters. The van der Waals surface area contributed by atoms with E-state index >= 15 is 0 Å². The molecule has 1 aliphatic rings. The second-order valence-corrected chi connectivity index (χ2v) is 5.19. The molecule has 1 fully saturated rings. The van der Waals surface area contributed by atoms with Crippen LogP contribution in [0.15, 0.2) is 54.6 Å². The lowest BCUT2D eigenvalue weighted by Crippen LogP contribution is -2.28. The Bertz CT molecular complexity index is 628. The van der Waals surface area contributed by atoms with Crippen LogP contribution in [0.5, 0.6) is 11.5 Å². The number of hydrogen-bond acceptors (Lipinski definition) is 2. The minimum atomic E-state index is 0.0874. The molecule has 0 N–H and O–H groups in total. The first-order chi connectivity index (χ1) is 10.2. The van der Waals surface area contributed by atoms with Gasteiger partial charge in [-0.2, -0.15) is 0 Å². The highest BCUT2D eigenvalue weighted by Gasteiger charge is 2.24. The minimum absolute atomic E-state index is 0.0874. The predicted molar refractivity (Wildman–Crippen MR) is 81.4 cm³/mol. The van der Waals surface area contributed by atoms with E-state index in [0.717, 1.165) is 30.2 Å². The van der Waals surface area contributed by atoms with Gasteiger partial charge in [-0.1, -0.05) is 30.3 Å². The van der Waals surface area contributed by atoms with Gasteiger partial charge >= 0.3 is 6.03 Å². The third-order valence-corrected chi connectivity index (χ3v) is 3.55. The minimum Gasteiger partial charge on any atom is -0.457 e. The standard InChI is InChI=1S/C17H18N2O2/c1-18-10-11-19(17(18)20)13-14-6-5-9-16(12-14)21-15-7-3-2-4-8-15/h2-9,12H,10-11,13H2,1H3. The van der Waals surface area contributed by atoms with Crippen LogP contribution in [0, 0.1) is 0 Å². The molecule has 0 saturated carbocycles. The highest BCUT2D eigenvalue weighted by molar-refractivity contribution is 5.76. The average Bonchev–Trinajstić information content (AvgIpc) is 2.81. The molecule has 0 aliphatic carbocycles. The average molecular weight is 282 g/mol. The molecule has 4 heteroatoms. The molecule has 0 spiro atoms. The maximum Gasteiger partial charge on any atom is 0.320 e. The molecule has 0 radical (unpaired) electrons. The maximum absolute atomic E-state index is 11.9. The van der Waals surface area contributed by atoms with Crippen molar-refractivity contribution >= 4 is 6.03 Å². The molecule has 1 aliphatic heterocycles. The first-order valence-electron chi connectivity index (χ1n) is 7.04. The Kier molecular flexibility index (Phi) is 3.77. The van der Waals surface area contributed by atoms with E-state index in [4.69, 9.17) is 4.74 Å². The zero-order chi connectivity index (χ0) is 14.7. The molecule has 3 rings (SSSR count). The van der Waals surface area contributed by atoms with Crippen molar-refractivity contribution in [1.82, 2.24) is 9.80 Å². The summed E-state index contributed by atoms with van der Waals surface area (Å²) in [5.41, 5.74) is 1.08. The molecule has 1 heterocycles. The lowest BCUT2D eigenvalue weighted by atomic mass is 10.2. The lowest BCUT2D eigenvalue weighted by Gasteiger charge is -2.16. The Morgan fingerprint density at radius 3 is 2.48 bits per heavy atom. The summed E-state index contributed by atoms with van der Waals surface area (Å²) in [6, 6.07) is 17.7. The molecule has 0 unspecified atom stereocenters. The van der Waals surface area contributed by atoms with Gasteiger partial charge in [0.1, 0.15) is 11.5 Å². The van der Waals surface area contributed by atoms with Gasteiger partial charge in [0.25, 0.3) is 0 Å². The number of hydrogen-bond donors (Lipinski definition) is 0. The van der Waals surface area contributed by atoms with Crippen LogP contribution in [0.25, 0.3) is 0 Å². The van der Waals surface area contributed by atoms with Gasteiger partial charge in [0.15, 0.2) is 0 Å². The van der Waals surface area contributed by atoms with Gasteiger partial charge in [-0.3, -0.25) is 0 Å². The number of carbonyl (C=O) groups is 1. The largest absolute Gasteiger partial charge is 0.457 e. The van der Waals surface area contributed by atoms with Crippen molar-refractivity contribution in [2.45, 2.75) is 6.54 Å². The third-order valence-electron chi connectivity index (χ3n) is 3.55. The molecule has 2 amide bonds. The summed E-state index contributed by atoms with van der Waals surface area (Å²) in [5, 5.41) is 0. The lowest BCUT2D eigenvalue weighted by molar-refractivity contribution is 0.197. The van der Waals surface area contributed by atoms with E-state index < -0.39 is 0 Å². The highest BCUT2D eigenvalue weighted by atomic mass is 16.5. The van der Waals surface area contributed by atoms with Gasteiger partial charge in [-0.05, 0) is 29.8 Å². The fourth-order valence-corrected chi connectivity index (χ4v) is 2.40. The van der Waals surface area contributed by atoms with Crippen LogP contribution in [0.3, 0.4) is 0 Å². The zero-order valence-electron chi connectivity index (χ0n) is 12.0. The summed E-state index contributed by atoms with van der Waals surface area (Å²) in [7, 11) is 1.83. The van der Waals surface area contributed by atoms with Crippen molar-refractivity contribution in [3.8, 4) is 11.5 Å². The van der Waals surface area contributed by atoms with Crippen molar-refractivity contribution in [3.05, 3.63) is 60.2 Å². The number of nitrogens with zero attached hydrogens (tertiary/aromatic N) is 2. The van der Waals surface area contributed by atoms with Crippen LogP contribution in [0.4, 0.5) is 4.79 Å². The van der Waals surface area contributed by atoms with Gasteiger partial charge in [-0.15, -0.1) is 0 Å². The SMILES string of the molecule is CN1CCN(Cc2cccc(Oc3ccccc3)c2)C1=O. The fourth-order valence-electron chi connectivity index (χ4n) is 2.40. The summed E-state index contributed by atoms with van der Waals surface area (Å²) in [4.78, 5) is 15.5. The Morgan fingerprint density at radius 1 is 1.00 bits per heavy atom. The van der Waals surface area contributed by atoms with Gasteiger partial charge in [0.2, 0.25) is 0 Å². The van der Waals surface area contributed by atoms with Crippen LogP contribution in [0.1, 0.15) is 5.56 Å². The van der Waals surface area contributed by atoms with Crippen molar-refractivity contribution in [2.24, 2.45) is 0 Å². The summed E-state index contributed by atoms with van der Waals surface area (Å²) in [6.45, 7) is 2.19. The number of rotatable bonds is 4. The van der Waals surface area contributed by atoms with E-state index in [1.807, 2.05) is 66.5 Å². The maximum atomic E-state index is 11.9. The first kappa shape index (κ1) is 13.5. The summed E-state index contributed by atoms with van der Waals surface area (Å²) >= 11 is 0. The van der Waals surface area contributed by atoms with E-state index in [1.54, 1.807) is 4.90 Å². The van der Waals surface area contributed by atoms with Crippen molar-refractivity contribution in [2.75, 3.05) is 20.1 Å². The van der Waals surface area contributed by atoms with Crippen molar-refractivity contribution < 1.29 is 9.53 Å². The van der Waals surface area contributed by atoms with E-state index in [9.17, 15) is 4.79 Å². The molecule has 2 aromatic rings. The molecule has 2 aromatic carbocycles. The number of carbonyl (C=O) groups excluding carboxylic acids is 1. The predicted octanol–water partition coefficient (Wildman–Crippen LogP) is 3.35. The van der Waals surface area contributed by atoms with Crippen LogP contribution in [-0.4, -0.2) is 36.0 Å². The van der Waals surface area contributed by atoms with Crippen LogP contribution in [0.2, 0.25) is 0 Å². The second-order valence-electron chi connectivity index (χ2n) is 5.19. The van der Waals surface area contributed by atoms with E-state index in [-0.39, 0.29) is 6.03 Å². The summed E-state index contributed by atoms with van der Waals surface area (Å²) in [6.07, 6.45) is 0. The highest BCUT2D eigenvalue weighted by Crippen LogP contribution is 2.23. The fraction of sp³-hybridized carbons (Fsp3) is 0.235. The zero-order valence-corrected chi connectivity index (χ0v) is 12.0. The number of para-hydroxylation sites is 1. The summed E-state index contributed by atoms with van der Waals surface area (Å²) in [5.74, 6) is 1.60. The molecule has 0 aromatic heterocycles. The molecule has 1 saturated heterocycles. The number of urea groups is 1. The molecular formula is C17H18N2O2. The van der Waals surface area contributed by atoms with Gasteiger partial charge in [0, 0.05) is 26.7 Å². The van der Waals surface area contributed by atoms with E-state index in [2.05, 4.69) is 0 Å². The third kappa shape index (κ3) is 3.16. The molecular weight excluding hydrogens is 264 g/mol. The number of benzene rings is 2. The Labute approximate surface area is 124 Å². The van der Waals surface area contributed by atoms with E-state index in [0.29, 0.717) is 6.54 Å². The summed E-state index contributed by atoms with van der Waals surface area (Å²) < 4.78 is 5.82. The Hall–Kier alpha value is -2.49. The van der Waals surface area contributed by atoms with E-state index in [1.165, 1.54) is 0 Å².